The smallest absolute Gasteiger partial charge is 0.00855 e. The van der Waals surface area contributed by atoms with Crippen LogP contribution in [0.2, 0.25) is 0 Å². The molecule has 0 nitrogen and oxygen atoms in total. The highest BCUT2D eigenvalue weighted by atomic mass is 14.1. The number of fused-ring (bicyclic) bond motifs is 1. The van der Waals surface area contributed by atoms with Gasteiger partial charge in [-0.05, 0) is 37.0 Å². The summed E-state index contributed by atoms with van der Waals surface area (Å²) in [6.07, 6.45) is 4.67. The first-order valence-electron chi connectivity index (χ1n) is 5.45. The molecule has 0 N–H and O–H groups in total. The van der Waals surface area contributed by atoms with Crippen LogP contribution >= 0.6 is 0 Å². The van der Waals surface area contributed by atoms with E-state index in [1.807, 2.05) is 0 Å². The molecule has 0 bridgehead atoms. The van der Waals surface area contributed by atoms with Crippen LogP contribution in [-0.2, 0) is 6.42 Å². The topological polar surface area (TPSA) is 0 Å². The van der Waals surface area contributed by atoms with Crippen molar-refractivity contribution in [1.82, 2.24) is 0 Å². The van der Waals surface area contributed by atoms with Gasteiger partial charge >= 0.3 is 0 Å². The quantitative estimate of drug-likeness (QED) is 0.567. The number of aryl methyl sites for hydroxylation is 1. The van der Waals surface area contributed by atoms with Gasteiger partial charge in [0.2, 0.25) is 0 Å². The molecule has 0 heterocycles. The van der Waals surface area contributed by atoms with E-state index in [-0.39, 0.29) is 0 Å². The maximum Gasteiger partial charge on any atom is -0.00855 e. The summed E-state index contributed by atoms with van der Waals surface area (Å²) in [6, 6.07) is 6.69. The van der Waals surface area contributed by atoms with Crippen LogP contribution in [0.1, 0.15) is 43.9 Å². The summed E-state index contributed by atoms with van der Waals surface area (Å²) in [6.45, 7) is 8.58. The lowest BCUT2D eigenvalue weighted by Crippen LogP contribution is -1.83. The molecule has 14 heavy (non-hydrogen) atoms. The second-order valence-electron chi connectivity index (χ2n) is 3.96. The molecular formula is C14H20. The van der Waals surface area contributed by atoms with E-state index in [1.54, 1.807) is 0 Å². The Morgan fingerprint density at radius 2 is 1.79 bits per heavy atom. The zero-order valence-electron chi connectivity index (χ0n) is 9.72. The summed E-state index contributed by atoms with van der Waals surface area (Å²) in [5.74, 6) is 0. The lowest BCUT2D eigenvalue weighted by Gasteiger charge is -2.01. The van der Waals surface area contributed by atoms with Crippen LogP contribution in [0.15, 0.2) is 24.3 Å². The van der Waals surface area contributed by atoms with Gasteiger partial charge < -0.3 is 0 Å². The highest BCUT2D eigenvalue weighted by Crippen LogP contribution is 2.27. The van der Waals surface area contributed by atoms with Crippen molar-refractivity contribution in [3.63, 3.8) is 0 Å². The highest BCUT2D eigenvalue weighted by molar-refractivity contribution is 5.71. The first-order valence-corrected chi connectivity index (χ1v) is 5.45. The van der Waals surface area contributed by atoms with E-state index < -0.39 is 0 Å². The SMILES string of the molecule is CC1=CCc2ccc(C)cc21.CCC. The zero-order valence-corrected chi connectivity index (χ0v) is 9.72. The Hall–Kier alpha value is -1.04. The van der Waals surface area contributed by atoms with Crippen molar-refractivity contribution in [2.24, 2.45) is 0 Å². The van der Waals surface area contributed by atoms with Gasteiger partial charge in [-0.15, -0.1) is 0 Å². The van der Waals surface area contributed by atoms with Crippen LogP contribution in [0.5, 0.6) is 0 Å². The van der Waals surface area contributed by atoms with Crippen molar-refractivity contribution >= 4 is 5.57 Å². The summed E-state index contributed by atoms with van der Waals surface area (Å²) >= 11 is 0. The van der Waals surface area contributed by atoms with Gasteiger partial charge in [-0.25, -0.2) is 0 Å². The van der Waals surface area contributed by atoms with Crippen LogP contribution in [0.3, 0.4) is 0 Å². The molecule has 0 saturated carbocycles. The summed E-state index contributed by atoms with van der Waals surface area (Å²) < 4.78 is 0. The molecule has 0 heteroatoms. The Balaban J connectivity index is 0.000000293. The first kappa shape index (κ1) is 11.0. The van der Waals surface area contributed by atoms with Crippen molar-refractivity contribution in [3.8, 4) is 0 Å². The van der Waals surface area contributed by atoms with Gasteiger partial charge in [0.25, 0.3) is 0 Å². The minimum absolute atomic E-state index is 1.13. The molecule has 0 unspecified atom stereocenters. The summed E-state index contributed by atoms with van der Waals surface area (Å²) in [4.78, 5) is 0. The third kappa shape index (κ3) is 2.47. The Morgan fingerprint density at radius 1 is 1.14 bits per heavy atom. The zero-order chi connectivity index (χ0) is 10.6. The molecule has 1 aromatic carbocycles. The molecule has 1 aliphatic rings. The molecular weight excluding hydrogens is 168 g/mol. The number of rotatable bonds is 0. The molecule has 0 aliphatic heterocycles. The third-order valence-electron chi connectivity index (χ3n) is 2.32. The minimum atomic E-state index is 1.13. The van der Waals surface area contributed by atoms with Crippen molar-refractivity contribution in [2.75, 3.05) is 0 Å². The predicted octanol–water partition coefficient (Wildman–Crippen LogP) is 4.37. The van der Waals surface area contributed by atoms with Gasteiger partial charge in [0.1, 0.15) is 0 Å². The highest BCUT2D eigenvalue weighted by Gasteiger charge is 2.08. The van der Waals surface area contributed by atoms with Crippen LogP contribution in [0, 0.1) is 6.92 Å². The second kappa shape index (κ2) is 4.99. The van der Waals surface area contributed by atoms with Crippen molar-refractivity contribution in [1.29, 1.82) is 0 Å². The Bertz CT molecular complexity index is 332. The van der Waals surface area contributed by atoms with E-state index in [0.717, 1.165) is 6.42 Å². The van der Waals surface area contributed by atoms with Gasteiger partial charge in [-0.3, -0.25) is 0 Å². The maximum atomic E-state index is 2.30. The van der Waals surface area contributed by atoms with Gasteiger partial charge in [-0.1, -0.05) is 50.1 Å². The molecule has 2 rings (SSSR count). The molecule has 0 spiro atoms. The molecule has 0 amide bonds. The third-order valence-corrected chi connectivity index (χ3v) is 2.32. The van der Waals surface area contributed by atoms with E-state index in [2.05, 4.69) is 52.0 Å². The summed E-state index contributed by atoms with van der Waals surface area (Å²) in [7, 11) is 0. The average molecular weight is 188 g/mol. The molecule has 0 saturated heterocycles. The van der Waals surface area contributed by atoms with E-state index in [9.17, 15) is 0 Å². The lowest BCUT2D eigenvalue weighted by molar-refractivity contribution is 1.09. The van der Waals surface area contributed by atoms with Gasteiger partial charge in [-0.2, -0.15) is 0 Å². The number of hydrogen-bond donors (Lipinski definition) is 0. The van der Waals surface area contributed by atoms with Crippen LogP contribution in [0.4, 0.5) is 0 Å². The number of benzene rings is 1. The number of allylic oxidation sites excluding steroid dienone is 2. The summed E-state index contributed by atoms with van der Waals surface area (Å²) in [5.41, 5.74) is 5.72. The Morgan fingerprint density at radius 3 is 2.43 bits per heavy atom. The minimum Gasteiger partial charge on any atom is -0.0766 e. The van der Waals surface area contributed by atoms with Crippen LogP contribution in [0.25, 0.3) is 5.57 Å². The molecule has 0 aromatic heterocycles. The Labute approximate surface area is 87.7 Å². The monoisotopic (exact) mass is 188 g/mol. The molecule has 0 atom stereocenters. The van der Waals surface area contributed by atoms with Gasteiger partial charge in [0, 0.05) is 0 Å². The van der Waals surface area contributed by atoms with E-state index in [0.29, 0.717) is 0 Å². The molecule has 0 fully saturated rings. The Kier molecular flexibility index (Phi) is 3.94. The largest absolute Gasteiger partial charge is 0.0766 e. The van der Waals surface area contributed by atoms with Gasteiger partial charge in [0.05, 0.1) is 0 Å². The molecule has 1 aliphatic carbocycles. The van der Waals surface area contributed by atoms with Crippen molar-refractivity contribution in [2.45, 2.75) is 40.5 Å². The molecule has 0 radical (unpaired) electrons. The van der Waals surface area contributed by atoms with Crippen LogP contribution < -0.4 is 0 Å². The average Bonchev–Trinajstić information content (AvgIpc) is 2.49. The van der Waals surface area contributed by atoms with E-state index >= 15 is 0 Å². The summed E-state index contributed by atoms with van der Waals surface area (Å²) in [5, 5.41) is 0. The fourth-order valence-corrected chi connectivity index (χ4v) is 1.61. The van der Waals surface area contributed by atoms with Crippen molar-refractivity contribution < 1.29 is 0 Å². The first-order chi connectivity index (χ1) is 6.69. The second-order valence-corrected chi connectivity index (χ2v) is 3.96. The van der Waals surface area contributed by atoms with Gasteiger partial charge in [0.15, 0.2) is 0 Å². The lowest BCUT2D eigenvalue weighted by atomic mass is 10.0. The van der Waals surface area contributed by atoms with E-state index in [1.165, 1.54) is 28.7 Å². The molecule has 76 valence electrons. The number of hydrogen-bond acceptors (Lipinski definition) is 0. The standard InChI is InChI=1S/C11H12.C3H8/c1-8-3-5-10-6-4-9(2)11(10)7-8;1-3-2/h3-5,7H,6H2,1-2H3;3H2,1-2H3. The fraction of sp³-hybridized carbons (Fsp3) is 0.429. The normalized spacial score (nSPS) is 12.7. The van der Waals surface area contributed by atoms with E-state index in [4.69, 9.17) is 0 Å². The van der Waals surface area contributed by atoms with Crippen LogP contribution in [-0.4, -0.2) is 0 Å². The predicted molar refractivity (Wildman–Crippen MR) is 64.5 cm³/mol. The van der Waals surface area contributed by atoms with Crippen molar-refractivity contribution in [3.05, 3.63) is 41.0 Å². The molecule has 1 aromatic rings. The fourth-order valence-electron chi connectivity index (χ4n) is 1.61. The maximum absolute atomic E-state index is 2.30.